The molecule has 2 aromatic carbocycles. The van der Waals surface area contributed by atoms with Crippen LogP contribution in [0.15, 0.2) is 54.6 Å². The number of ether oxygens (including phenoxy) is 2. The fourth-order valence-electron chi connectivity index (χ4n) is 2.05. The van der Waals surface area contributed by atoms with E-state index in [1.807, 2.05) is 30.3 Å². The molecule has 0 radical (unpaired) electrons. The molecule has 0 heterocycles. The van der Waals surface area contributed by atoms with Crippen LogP contribution in [0.4, 0.5) is 0 Å². The van der Waals surface area contributed by atoms with Crippen molar-refractivity contribution in [2.24, 2.45) is 0 Å². The topological polar surface area (TPSA) is 69.7 Å². The number of carbonyl (C=O) groups is 1. The molecular weight excluding hydrogens is 328 g/mol. The van der Waals surface area contributed by atoms with Crippen molar-refractivity contribution >= 4 is 15.8 Å². The van der Waals surface area contributed by atoms with E-state index < -0.39 is 15.8 Å². The summed E-state index contributed by atoms with van der Waals surface area (Å²) in [4.78, 5) is 11.9. The second-order valence-electron chi connectivity index (χ2n) is 5.42. The Bertz CT molecular complexity index is 752. The van der Waals surface area contributed by atoms with E-state index in [9.17, 15) is 13.2 Å². The first-order valence-corrected chi connectivity index (χ1v) is 9.62. The van der Waals surface area contributed by atoms with Crippen molar-refractivity contribution in [3.05, 3.63) is 65.7 Å². The van der Waals surface area contributed by atoms with Gasteiger partial charge in [-0.2, -0.15) is 0 Å². The summed E-state index contributed by atoms with van der Waals surface area (Å²) in [5, 5.41) is 0. The Labute approximate surface area is 142 Å². The molecule has 0 atom stereocenters. The number of benzene rings is 2. The molecule has 0 saturated heterocycles. The lowest BCUT2D eigenvalue weighted by molar-refractivity contribution is 0.0486. The van der Waals surface area contributed by atoms with Crippen LogP contribution in [0, 0.1) is 0 Å². The van der Waals surface area contributed by atoms with E-state index in [4.69, 9.17) is 9.47 Å². The summed E-state index contributed by atoms with van der Waals surface area (Å²) >= 11 is 0. The Morgan fingerprint density at radius 3 is 2.25 bits per heavy atom. The van der Waals surface area contributed by atoms with Gasteiger partial charge in [0.05, 0.1) is 24.5 Å². The van der Waals surface area contributed by atoms with Crippen molar-refractivity contribution in [1.82, 2.24) is 0 Å². The fraction of sp³-hybridized carbons (Fsp3) is 0.278. The molecule has 0 bridgehead atoms. The molecule has 0 aliphatic heterocycles. The molecule has 0 saturated carbocycles. The third kappa shape index (κ3) is 6.42. The van der Waals surface area contributed by atoms with Gasteiger partial charge in [0.1, 0.15) is 5.75 Å². The quantitative estimate of drug-likeness (QED) is 0.542. The van der Waals surface area contributed by atoms with Crippen LogP contribution >= 0.6 is 0 Å². The van der Waals surface area contributed by atoms with Crippen LogP contribution < -0.4 is 4.74 Å². The van der Waals surface area contributed by atoms with Crippen molar-refractivity contribution in [2.45, 2.75) is 12.2 Å². The molecule has 0 aliphatic carbocycles. The zero-order valence-corrected chi connectivity index (χ0v) is 14.3. The van der Waals surface area contributed by atoms with Gasteiger partial charge in [-0.15, -0.1) is 0 Å². The van der Waals surface area contributed by atoms with Crippen molar-refractivity contribution in [3.63, 3.8) is 0 Å². The summed E-state index contributed by atoms with van der Waals surface area (Å²) in [6.45, 7) is 0.724. The Kier molecular flexibility index (Phi) is 6.37. The van der Waals surface area contributed by atoms with Crippen molar-refractivity contribution in [1.29, 1.82) is 0 Å². The maximum absolute atomic E-state index is 11.9. The lowest BCUT2D eigenvalue weighted by atomic mass is 10.1. The monoisotopic (exact) mass is 348 g/mol. The van der Waals surface area contributed by atoms with Gasteiger partial charge in [0.25, 0.3) is 0 Å². The molecule has 6 heteroatoms. The SMILES string of the molecule is CS(=O)(=O)Cc1ccc(C(=O)OCCCOc2ccccc2)cc1. The first-order valence-electron chi connectivity index (χ1n) is 7.56. The molecule has 0 N–H and O–H groups in total. The molecule has 0 fully saturated rings. The minimum absolute atomic E-state index is 0.0425. The van der Waals surface area contributed by atoms with Crippen LogP contribution in [0.5, 0.6) is 5.75 Å². The highest BCUT2D eigenvalue weighted by Gasteiger charge is 2.09. The summed E-state index contributed by atoms with van der Waals surface area (Å²) in [7, 11) is -3.08. The molecule has 0 aromatic heterocycles. The molecule has 0 amide bonds. The highest BCUT2D eigenvalue weighted by Crippen LogP contribution is 2.10. The third-order valence-electron chi connectivity index (χ3n) is 3.15. The van der Waals surface area contributed by atoms with Gasteiger partial charge in [-0.25, -0.2) is 13.2 Å². The highest BCUT2D eigenvalue weighted by atomic mass is 32.2. The van der Waals surface area contributed by atoms with E-state index >= 15 is 0 Å². The Morgan fingerprint density at radius 2 is 1.62 bits per heavy atom. The second kappa shape index (κ2) is 8.49. The summed E-state index contributed by atoms with van der Waals surface area (Å²) in [5.41, 5.74) is 1.04. The van der Waals surface area contributed by atoms with Crippen LogP contribution in [-0.2, 0) is 20.3 Å². The summed E-state index contributed by atoms with van der Waals surface area (Å²) in [5.74, 6) is 0.310. The van der Waals surface area contributed by atoms with E-state index in [2.05, 4.69) is 0 Å². The van der Waals surface area contributed by atoms with Crippen molar-refractivity contribution < 1.29 is 22.7 Å². The smallest absolute Gasteiger partial charge is 0.338 e. The summed E-state index contributed by atoms with van der Waals surface area (Å²) < 4.78 is 33.1. The van der Waals surface area contributed by atoms with Crippen LogP contribution in [0.1, 0.15) is 22.3 Å². The van der Waals surface area contributed by atoms with Gasteiger partial charge < -0.3 is 9.47 Å². The van der Waals surface area contributed by atoms with Gasteiger partial charge in [-0.05, 0) is 29.8 Å². The molecule has 0 spiro atoms. The number of carbonyl (C=O) groups excluding carboxylic acids is 1. The standard InChI is InChI=1S/C18H20O5S/c1-24(20,21)14-15-8-10-16(11-9-15)18(19)23-13-5-12-22-17-6-3-2-4-7-17/h2-4,6-11H,5,12-14H2,1H3. The minimum Gasteiger partial charge on any atom is -0.493 e. The van der Waals surface area contributed by atoms with Gasteiger partial charge in [-0.3, -0.25) is 0 Å². The number of hydrogen-bond donors (Lipinski definition) is 0. The van der Waals surface area contributed by atoms with Crippen LogP contribution in [0.2, 0.25) is 0 Å². The van der Waals surface area contributed by atoms with Gasteiger partial charge in [0.2, 0.25) is 0 Å². The van der Waals surface area contributed by atoms with Gasteiger partial charge in [0, 0.05) is 12.7 Å². The predicted molar refractivity (Wildman–Crippen MR) is 91.8 cm³/mol. The first-order chi connectivity index (χ1) is 11.4. The normalized spacial score (nSPS) is 11.0. The molecule has 2 aromatic rings. The van der Waals surface area contributed by atoms with E-state index in [1.54, 1.807) is 24.3 Å². The average Bonchev–Trinajstić information content (AvgIpc) is 2.54. The Balaban J connectivity index is 1.72. The Morgan fingerprint density at radius 1 is 0.958 bits per heavy atom. The molecule has 128 valence electrons. The van der Waals surface area contributed by atoms with Gasteiger partial charge in [0.15, 0.2) is 9.84 Å². The molecule has 0 unspecified atom stereocenters. The summed E-state index contributed by atoms with van der Waals surface area (Å²) in [6.07, 6.45) is 1.76. The third-order valence-corrected chi connectivity index (χ3v) is 4.01. The summed E-state index contributed by atoms with van der Waals surface area (Å²) in [6, 6.07) is 15.8. The number of para-hydroxylation sites is 1. The maximum atomic E-state index is 11.9. The number of esters is 1. The lowest BCUT2D eigenvalue weighted by Gasteiger charge is -2.07. The highest BCUT2D eigenvalue weighted by molar-refractivity contribution is 7.89. The average molecular weight is 348 g/mol. The van der Waals surface area contributed by atoms with Crippen molar-refractivity contribution in [3.8, 4) is 5.75 Å². The zero-order valence-electron chi connectivity index (χ0n) is 13.5. The largest absolute Gasteiger partial charge is 0.493 e. The predicted octanol–water partition coefficient (Wildman–Crippen LogP) is 2.86. The first kappa shape index (κ1) is 18.0. The second-order valence-corrected chi connectivity index (χ2v) is 7.56. The number of hydrogen-bond acceptors (Lipinski definition) is 5. The minimum atomic E-state index is -3.08. The van der Waals surface area contributed by atoms with Crippen LogP contribution in [0.25, 0.3) is 0 Å². The molecule has 0 aliphatic rings. The Hall–Kier alpha value is -2.34. The lowest BCUT2D eigenvalue weighted by Crippen LogP contribution is -2.09. The van der Waals surface area contributed by atoms with E-state index in [-0.39, 0.29) is 12.4 Å². The number of rotatable bonds is 8. The van der Waals surface area contributed by atoms with Crippen LogP contribution in [0.3, 0.4) is 0 Å². The fourth-order valence-corrected chi connectivity index (χ4v) is 2.85. The molecule has 5 nitrogen and oxygen atoms in total. The zero-order chi connectivity index (χ0) is 17.4. The molecule has 24 heavy (non-hydrogen) atoms. The molecular formula is C18H20O5S. The van der Waals surface area contributed by atoms with E-state index in [0.29, 0.717) is 24.2 Å². The van der Waals surface area contributed by atoms with Crippen LogP contribution in [-0.4, -0.2) is 33.9 Å². The van der Waals surface area contributed by atoms with E-state index in [0.717, 1.165) is 5.75 Å². The maximum Gasteiger partial charge on any atom is 0.338 e. The van der Waals surface area contributed by atoms with Gasteiger partial charge >= 0.3 is 5.97 Å². The molecule has 2 rings (SSSR count). The van der Waals surface area contributed by atoms with Crippen molar-refractivity contribution in [2.75, 3.05) is 19.5 Å². The number of sulfone groups is 1. The van der Waals surface area contributed by atoms with Gasteiger partial charge in [-0.1, -0.05) is 30.3 Å². The van der Waals surface area contributed by atoms with E-state index in [1.165, 1.54) is 6.26 Å².